The Morgan fingerprint density at radius 1 is 1.55 bits per heavy atom. The van der Waals surface area contributed by atoms with Crippen LogP contribution in [0, 0.1) is 12.8 Å². The lowest BCUT2D eigenvalue weighted by Crippen LogP contribution is -2.34. The minimum atomic E-state index is -0.0531. The van der Waals surface area contributed by atoms with E-state index in [0.717, 1.165) is 37.2 Å². The molecule has 2 N–H and O–H groups in total. The number of likely N-dealkylation sites (tertiary alicyclic amines) is 1. The molecule has 0 spiro atoms. The number of amides is 1. The molecule has 0 aromatic carbocycles. The molecule has 1 aromatic heterocycles. The summed E-state index contributed by atoms with van der Waals surface area (Å²) >= 11 is 0. The highest BCUT2D eigenvalue weighted by molar-refractivity contribution is 5.93. The molecule has 0 bridgehead atoms. The van der Waals surface area contributed by atoms with Crippen LogP contribution < -0.4 is 5.32 Å². The number of nitrogens with zero attached hydrogens (tertiary/aromatic N) is 2. The van der Waals surface area contributed by atoms with Gasteiger partial charge in [-0.15, -0.1) is 0 Å². The Labute approximate surface area is 121 Å². The summed E-state index contributed by atoms with van der Waals surface area (Å²) in [5.41, 5.74) is 2.56. The molecular weight excluding hydrogens is 252 g/mol. The lowest BCUT2D eigenvalue weighted by molar-refractivity contribution is 0.0942. The van der Waals surface area contributed by atoms with Crippen LogP contribution in [0.2, 0.25) is 0 Å². The molecule has 1 unspecified atom stereocenters. The second-order valence-corrected chi connectivity index (χ2v) is 5.84. The minimum Gasteiger partial charge on any atom is -0.351 e. The fraction of sp³-hybridized carbons (Fsp3) is 0.733. The van der Waals surface area contributed by atoms with Crippen molar-refractivity contribution in [2.45, 2.75) is 39.5 Å². The molecule has 5 nitrogen and oxygen atoms in total. The third-order valence-corrected chi connectivity index (χ3v) is 4.24. The predicted molar refractivity (Wildman–Crippen MR) is 79.9 cm³/mol. The van der Waals surface area contributed by atoms with Crippen LogP contribution >= 0.6 is 0 Å². The third-order valence-electron chi connectivity index (χ3n) is 4.24. The average molecular weight is 278 g/mol. The Hall–Kier alpha value is -1.36. The molecule has 1 aliphatic heterocycles. The first-order valence-electron chi connectivity index (χ1n) is 7.62. The molecule has 20 heavy (non-hydrogen) atoms. The molecule has 112 valence electrons. The van der Waals surface area contributed by atoms with E-state index in [2.05, 4.69) is 34.4 Å². The van der Waals surface area contributed by atoms with Crippen molar-refractivity contribution < 1.29 is 4.79 Å². The number of hydrogen-bond acceptors (Lipinski definition) is 3. The van der Waals surface area contributed by atoms with Gasteiger partial charge in [0.2, 0.25) is 0 Å². The molecular formula is C15H26N4O. The number of carbonyl (C=O) groups excluding carboxylic acids is 1. The number of aromatic nitrogens is 2. The van der Waals surface area contributed by atoms with E-state index in [4.69, 9.17) is 0 Å². The van der Waals surface area contributed by atoms with E-state index in [-0.39, 0.29) is 5.91 Å². The van der Waals surface area contributed by atoms with Crippen molar-refractivity contribution in [2.24, 2.45) is 5.92 Å². The Morgan fingerprint density at radius 3 is 3.00 bits per heavy atom. The highest BCUT2D eigenvalue weighted by Gasteiger charge is 2.18. The van der Waals surface area contributed by atoms with Crippen molar-refractivity contribution in [3.8, 4) is 0 Å². The van der Waals surface area contributed by atoms with Gasteiger partial charge in [0.1, 0.15) is 0 Å². The fourth-order valence-corrected chi connectivity index (χ4v) is 2.98. The molecule has 1 saturated heterocycles. The van der Waals surface area contributed by atoms with Crippen LogP contribution in [0.25, 0.3) is 0 Å². The van der Waals surface area contributed by atoms with Crippen molar-refractivity contribution in [3.63, 3.8) is 0 Å². The molecule has 0 saturated carbocycles. The monoisotopic (exact) mass is 278 g/mol. The van der Waals surface area contributed by atoms with Crippen molar-refractivity contribution in [1.82, 2.24) is 20.4 Å². The lowest BCUT2D eigenvalue weighted by atomic mass is 9.95. The van der Waals surface area contributed by atoms with E-state index >= 15 is 0 Å². The second-order valence-electron chi connectivity index (χ2n) is 5.84. The largest absolute Gasteiger partial charge is 0.351 e. The number of nitrogens with one attached hydrogen (secondary N) is 2. The zero-order valence-corrected chi connectivity index (χ0v) is 12.8. The van der Waals surface area contributed by atoms with Crippen LogP contribution in [-0.4, -0.2) is 47.7 Å². The van der Waals surface area contributed by atoms with E-state index in [1.807, 2.05) is 6.92 Å². The van der Waals surface area contributed by atoms with Crippen LogP contribution in [0.4, 0.5) is 0 Å². The summed E-state index contributed by atoms with van der Waals surface area (Å²) in [6.07, 6.45) is 4.48. The number of H-pyrrole nitrogens is 1. The summed E-state index contributed by atoms with van der Waals surface area (Å²) in [6, 6.07) is 0. The average Bonchev–Trinajstić information content (AvgIpc) is 2.80. The van der Waals surface area contributed by atoms with Crippen LogP contribution in [-0.2, 0) is 6.42 Å². The Kier molecular flexibility index (Phi) is 5.17. The van der Waals surface area contributed by atoms with E-state index in [0.29, 0.717) is 11.6 Å². The highest BCUT2D eigenvalue weighted by atomic mass is 16.1. The third kappa shape index (κ3) is 3.60. The highest BCUT2D eigenvalue weighted by Crippen LogP contribution is 2.17. The predicted octanol–water partition coefficient (Wildman–Crippen LogP) is 1.74. The number of rotatable bonds is 5. The van der Waals surface area contributed by atoms with Gasteiger partial charge in [0.25, 0.3) is 5.91 Å². The number of aromatic amines is 1. The molecule has 1 amide bonds. The summed E-state index contributed by atoms with van der Waals surface area (Å²) in [7, 11) is 2.17. The summed E-state index contributed by atoms with van der Waals surface area (Å²) in [4.78, 5) is 14.5. The SMILES string of the molecule is CCc1[nH]nc(C(=O)NCCC2CCCN(C)C2)c1C. The van der Waals surface area contributed by atoms with Gasteiger partial charge in [-0.3, -0.25) is 9.89 Å². The summed E-state index contributed by atoms with van der Waals surface area (Å²) in [5, 5.41) is 10.1. The fourth-order valence-electron chi connectivity index (χ4n) is 2.98. The van der Waals surface area contributed by atoms with Gasteiger partial charge in [0.05, 0.1) is 0 Å². The van der Waals surface area contributed by atoms with Gasteiger partial charge >= 0.3 is 0 Å². The first-order chi connectivity index (χ1) is 9.61. The molecule has 5 heteroatoms. The van der Waals surface area contributed by atoms with Gasteiger partial charge in [0.15, 0.2) is 5.69 Å². The maximum absolute atomic E-state index is 12.1. The molecule has 1 aromatic rings. The summed E-state index contributed by atoms with van der Waals surface area (Å²) < 4.78 is 0. The lowest BCUT2D eigenvalue weighted by Gasteiger charge is -2.29. The number of piperidine rings is 1. The van der Waals surface area contributed by atoms with E-state index in [1.54, 1.807) is 0 Å². The van der Waals surface area contributed by atoms with Crippen molar-refractivity contribution in [3.05, 3.63) is 17.0 Å². The van der Waals surface area contributed by atoms with Crippen LogP contribution in [0.15, 0.2) is 0 Å². The second kappa shape index (κ2) is 6.88. The number of carbonyl (C=O) groups is 1. The van der Waals surface area contributed by atoms with Crippen molar-refractivity contribution in [1.29, 1.82) is 0 Å². The van der Waals surface area contributed by atoms with E-state index < -0.39 is 0 Å². The molecule has 1 atom stereocenters. The number of aryl methyl sites for hydroxylation is 1. The summed E-state index contributed by atoms with van der Waals surface area (Å²) in [5.74, 6) is 0.656. The van der Waals surface area contributed by atoms with Gasteiger partial charge in [-0.05, 0) is 52.1 Å². The first kappa shape index (κ1) is 15.0. The molecule has 1 fully saturated rings. The van der Waals surface area contributed by atoms with E-state index in [1.165, 1.54) is 19.4 Å². The van der Waals surface area contributed by atoms with Gasteiger partial charge < -0.3 is 10.2 Å². The number of hydrogen-bond donors (Lipinski definition) is 2. The molecule has 0 radical (unpaired) electrons. The molecule has 2 rings (SSSR count). The van der Waals surface area contributed by atoms with Gasteiger partial charge in [-0.25, -0.2) is 0 Å². The molecule has 0 aliphatic carbocycles. The minimum absolute atomic E-state index is 0.0531. The maximum Gasteiger partial charge on any atom is 0.272 e. The van der Waals surface area contributed by atoms with Crippen LogP contribution in [0.5, 0.6) is 0 Å². The maximum atomic E-state index is 12.1. The topological polar surface area (TPSA) is 61.0 Å². The van der Waals surface area contributed by atoms with Gasteiger partial charge in [0, 0.05) is 24.3 Å². The van der Waals surface area contributed by atoms with Crippen molar-refractivity contribution in [2.75, 3.05) is 26.7 Å². The van der Waals surface area contributed by atoms with E-state index in [9.17, 15) is 4.79 Å². The smallest absolute Gasteiger partial charge is 0.272 e. The zero-order chi connectivity index (χ0) is 14.5. The van der Waals surface area contributed by atoms with Gasteiger partial charge in [-0.1, -0.05) is 6.92 Å². The molecule has 1 aliphatic rings. The Bertz CT molecular complexity index is 455. The van der Waals surface area contributed by atoms with Gasteiger partial charge in [-0.2, -0.15) is 5.10 Å². The van der Waals surface area contributed by atoms with Crippen molar-refractivity contribution >= 4 is 5.91 Å². The van der Waals surface area contributed by atoms with Crippen LogP contribution in [0.3, 0.4) is 0 Å². The molecule has 2 heterocycles. The normalized spacial score (nSPS) is 20.1. The van der Waals surface area contributed by atoms with Crippen LogP contribution in [0.1, 0.15) is 47.9 Å². The Morgan fingerprint density at radius 2 is 2.35 bits per heavy atom. The zero-order valence-electron chi connectivity index (χ0n) is 12.8. The quantitative estimate of drug-likeness (QED) is 0.862. The Balaban J connectivity index is 1.78. The summed E-state index contributed by atoms with van der Waals surface area (Å²) in [6.45, 7) is 7.10. The standard InChI is InChI=1S/C15H26N4O/c1-4-13-11(2)14(18-17-13)15(20)16-8-7-12-6-5-9-19(3)10-12/h12H,4-10H2,1-3H3,(H,16,20)(H,17,18). The first-order valence-corrected chi connectivity index (χ1v) is 7.62.